The van der Waals surface area contributed by atoms with E-state index in [2.05, 4.69) is 20.3 Å². The van der Waals surface area contributed by atoms with E-state index in [0.29, 0.717) is 11.3 Å². The Hall–Kier alpha value is -3.05. The highest BCUT2D eigenvalue weighted by atomic mass is 32.1. The van der Waals surface area contributed by atoms with Crippen molar-refractivity contribution >= 4 is 33.8 Å². The van der Waals surface area contributed by atoms with Gasteiger partial charge >= 0.3 is 0 Å². The molecule has 2 aromatic heterocycles. The summed E-state index contributed by atoms with van der Waals surface area (Å²) in [6.45, 7) is 3.14. The van der Waals surface area contributed by atoms with Gasteiger partial charge in [0.25, 0.3) is 5.91 Å². The maximum Gasteiger partial charge on any atom is 0.277 e. The van der Waals surface area contributed by atoms with Crippen LogP contribution in [0.3, 0.4) is 0 Å². The molecule has 32 heavy (non-hydrogen) atoms. The Bertz CT molecular complexity index is 1140. The number of rotatable bonds is 4. The highest BCUT2D eigenvalue weighted by Gasteiger charge is 2.25. The minimum atomic E-state index is -0.753. The Labute approximate surface area is 188 Å². The van der Waals surface area contributed by atoms with Gasteiger partial charge in [0.05, 0.1) is 11.8 Å². The molecule has 1 fully saturated rings. The van der Waals surface area contributed by atoms with Crippen LogP contribution in [0.4, 0.5) is 25.3 Å². The van der Waals surface area contributed by atoms with Crippen molar-refractivity contribution in [3.63, 3.8) is 0 Å². The van der Waals surface area contributed by atoms with E-state index in [9.17, 15) is 13.6 Å². The first kappa shape index (κ1) is 22.2. The number of benzene rings is 1. The first-order chi connectivity index (χ1) is 15.2. The van der Waals surface area contributed by atoms with Crippen molar-refractivity contribution in [1.29, 1.82) is 0 Å². The fourth-order valence-corrected chi connectivity index (χ4v) is 4.79. The van der Waals surface area contributed by atoms with Crippen LogP contribution in [0.25, 0.3) is 10.6 Å². The molecule has 1 aliphatic rings. The number of hydrogen-bond acceptors (Lipinski definition) is 7. The zero-order valence-electron chi connectivity index (χ0n) is 17.9. The number of amides is 1. The molecule has 170 valence electrons. The van der Waals surface area contributed by atoms with E-state index in [1.807, 2.05) is 0 Å². The van der Waals surface area contributed by atoms with Crippen molar-refractivity contribution in [3.8, 4) is 10.6 Å². The van der Waals surface area contributed by atoms with Gasteiger partial charge in [-0.1, -0.05) is 11.3 Å². The number of anilines is 3. The molecule has 0 spiro atoms. The molecule has 4 rings (SSSR count). The second-order valence-electron chi connectivity index (χ2n) is 7.97. The zero-order valence-corrected chi connectivity index (χ0v) is 18.7. The summed E-state index contributed by atoms with van der Waals surface area (Å²) in [4.78, 5) is 19.2. The van der Waals surface area contributed by atoms with E-state index in [4.69, 9.17) is 11.5 Å². The number of hydrogen-bond donors (Lipinski definition) is 3. The van der Waals surface area contributed by atoms with E-state index < -0.39 is 17.5 Å². The molecule has 1 atom stereocenters. The summed E-state index contributed by atoms with van der Waals surface area (Å²) >= 11 is 0.862. The fourth-order valence-electron chi connectivity index (χ4n) is 3.92. The van der Waals surface area contributed by atoms with Crippen LogP contribution in [-0.2, 0) is 7.05 Å². The third-order valence-electron chi connectivity index (χ3n) is 5.50. The van der Waals surface area contributed by atoms with Crippen LogP contribution in [0.1, 0.15) is 35.3 Å². The first-order valence-corrected chi connectivity index (χ1v) is 11.1. The smallest absolute Gasteiger partial charge is 0.277 e. The topological polar surface area (TPSA) is 115 Å². The van der Waals surface area contributed by atoms with Gasteiger partial charge in [-0.15, -0.1) is 0 Å². The van der Waals surface area contributed by atoms with Crippen LogP contribution in [0, 0.1) is 18.6 Å². The molecule has 3 aromatic rings. The second kappa shape index (κ2) is 8.83. The van der Waals surface area contributed by atoms with Crippen molar-refractivity contribution in [2.75, 3.05) is 29.0 Å². The maximum absolute atomic E-state index is 14.4. The van der Waals surface area contributed by atoms with E-state index in [1.54, 1.807) is 24.9 Å². The Morgan fingerprint density at radius 3 is 2.69 bits per heavy atom. The lowest BCUT2D eigenvalue weighted by molar-refractivity contribution is 0.102. The summed E-state index contributed by atoms with van der Waals surface area (Å²) in [5, 5.41) is 7.16. The van der Waals surface area contributed by atoms with E-state index in [0.717, 1.165) is 49.5 Å². The summed E-state index contributed by atoms with van der Waals surface area (Å²) in [5.74, 6) is -1.31. The van der Waals surface area contributed by atoms with Gasteiger partial charge in [0.15, 0.2) is 11.5 Å². The third-order valence-corrected chi connectivity index (χ3v) is 6.40. The standard InChI is InChI=1S/C21H25F2N7OS/c1-11-8-13(22)16(14(23)9-11)20-28-17(18(25)32-20)19(31)27-15-10-26-29(2)21(15)30-6-3-4-12(24)5-7-30/h8-10,12H,3-7,24-25H2,1-2H3,(H,27,31)/t12-/m1/s1. The Kier molecular flexibility index (Phi) is 6.11. The van der Waals surface area contributed by atoms with Gasteiger partial charge in [-0.25, -0.2) is 13.8 Å². The molecule has 1 aromatic carbocycles. The number of nitrogens with two attached hydrogens (primary N) is 2. The van der Waals surface area contributed by atoms with Crippen LogP contribution in [0.15, 0.2) is 18.3 Å². The minimum Gasteiger partial charge on any atom is -0.389 e. The predicted octanol–water partition coefficient (Wildman–Crippen LogP) is 3.28. The lowest BCUT2D eigenvalue weighted by Gasteiger charge is -2.24. The minimum absolute atomic E-state index is 0.00978. The molecule has 0 saturated carbocycles. The summed E-state index contributed by atoms with van der Waals surface area (Å²) in [6.07, 6.45) is 4.28. The molecular formula is C21H25F2N7OS. The highest BCUT2D eigenvalue weighted by molar-refractivity contribution is 7.19. The first-order valence-electron chi connectivity index (χ1n) is 10.3. The molecule has 8 nitrogen and oxygen atoms in total. The number of halogens is 2. The maximum atomic E-state index is 14.4. The van der Waals surface area contributed by atoms with Gasteiger partial charge in [0.1, 0.15) is 27.3 Å². The average molecular weight is 462 g/mol. The SMILES string of the molecule is Cc1cc(F)c(-c2nc(C(=O)Nc3cnn(C)c3N3CCC[C@@H](N)CC3)c(N)s2)c(F)c1. The second-order valence-corrected chi connectivity index (χ2v) is 9.00. The average Bonchev–Trinajstić information content (AvgIpc) is 3.18. The van der Waals surface area contributed by atoms with Crippen LogP contribution in [0.2, 0.25) is 0 Å². The molecule has 11 heteroatoms. The highest BCUT2D eigenvalue weighted by Crippen LogP contribution is 2.35. The van der Waals surface area contributed by atoms with Crippen LogP contribution in [0.5, 0.6) is 0 Å². The lowest BCUT2D eigenvalue weighted by atomic mass is 10.1. The largest absolute Gasteiger partial charge is 0.389 e. The van der Waals surface area contributed by atoms with Crippen molar-refractivity contribution in [2.24, 2.45) is 12.8 Å². The molecule has 1 saturated heterocycles. The van der Waals surface area contributed by atoms with Crippen molar-refractivity contribution in [1.82, 2.24) is 14.8 Å². The Balaban J connectivity index is 1.60. The van der Waals surface area contributed by atoms with Gasteiger partial charge in [-0.3, -0.25) is 9.48 Å². The Morgan fingerprint density at radius 1 is 1.25 bits per heavy atom. The van der Waals surface area contributed by atoms with Gasteiger partial charge in [0.2, 0.25) is 0 Å². The van der Waals surface area contributed by atoms with Gasteiger partial charge in [-0.05, 0) is 43.9 Å². The van der Waals surface area contributed by atoms with Crippen LogP contribution in [-0.4, -0.2) is 39.8 Å². The zero-order chi connectivity index (χ0) is 23.0. The summed E-state index contributed by atoms with van der Waals surface area (Å²) in [5.41, 5.74) is 12.7. The summed E-state index contributed by atoms with van der Waals surface area (Å²) in [7, 11) is 1.80. The van der Waals surface area contributed by atoms with Crippen molar-refractivity contribution in [2.45, 2.75) is 32.2 Å². The number of nitrogen functional groups attached to an aromatic ring is 1. The van der Waals surface area contributed by atoms with Crippen molar-refractivity contribution in [3.05, 3.63) is 41.2 Å². The van der Waals surface area contributed by atoms with Gasteiger partial charge in [0, 0.05) is 26.2 Å². The third kappa shape index (κ3) is 4.30. The van der Waals surface area contributed by atoms with Crippen molar-refractivity contribution < 1.29 is 13.6 Å². The molecule has 0 unspecified atom stereocenters. The van der Waals surface area contributed by atoms with Crippen LogP contribution < -0.4 is 21.7 Å². The number of thiazole rings is 1. The normalized spacial score (nSPS) is 16.8. The number of carbonyl (C=O) groups excluding carboxylic acids is 1. The molecule has 5 N–H and O–H groups in total. The van der Waals surface area contributed by atoms with Gasteiger partial charge in [-0.2, -0.15) is 5.10 Å². The number of carbonyl (C=O) groups is 1. The molecule has 0 aliphatic carbocycles. The van der Waals surface area contributed by atoms with E-state index in [-0.39, 0.29) is 27.3 Å². The molecule has 1 amide bonds. The number of nitrogens with zero attached hydrogens (tertiary/aromatic N) is 4. The molecule has 0 radical (unpaired) electrons. The number of aryl methyl sites for hydroxylation is 2. The summed E-state index contributed by atoms with van der Waals surface area (Å²) < 4.78 is 30.4. The lowest BCUT2D eigenvalue weighted by Crippen LogP contribution is -2.29. The van der Waals surface area contributed by atoms with E-state index in [1.165, 1.54) is 12.1 Å². The fraction of sp³-hybridized carbons (Fsp3) is 0.381. The molecular weight excluding hydrogens is 436 g/mol. The number of nitrogens with one attached hydrogen (secondary N) is 1. The molecule has 1 aliphatic heterocycles. The predicted molar refractivity (Wildman–Crippen MR) is 122 cm³/mol. The Morgan fingerprint density at radius 2 is 1.97 bits per heavy atom. The molecule has 0 bridgehead atoms. The quantitative estimate of drug-likeness (QED) is 0.549. The van der Waals surface area contributed by atoms with Gasteiger partial charge < -0.3 is 21.7 Å². The number of aromatic nitrogens is 3. The molecule has 3 heterocycles. The van der Waals surface area contributed by atoms with E-state index >= 15 is 0 Å². The monoisotopic (exact) mass is 461 g/mol. The summed E-state index contributed by atoms with van der Waals surface area (Å²) in [6, 6.07) is 2.58. The van der Waals surface area contributed by atoms with Crippen LogP contribution >= 0.6 is 11.3 Å².